The fourth-order valence-electron chi connectivity index (χ4n) is 7.94. The van der Waals surface area contributed by atoms with Crippen LogP contribution < -0.4 is 0 Å². The van der Waals surface area contributed by atoms with Crippen LogP contribution in [0.15, 0.2) is 84.2 Å². The number of carbonyl (C=O) groups excluding carboxylic acids is 2. The molecule has 2 fully saturated rings. The molecule has 0 spiro atoms. The summed E-state index contributed by atoms with van der Waals surface area (Å²) in [7, 11) is 2.20. The van der Waals surface area contributed by atoms with Crippen LogP contribution in [0.25, 0.3) is 11.1 Å². The van der Waals surface area contributed by atoms with Gasteiger partial charge in [-0.25, -0.2) is 9.59 Å². The topological polar surface area (TPSA) is 84.9 Å². The second kappa shape index (κ2) is 19.8. The molecular formula is C45H49Cl3N4O4. The third kappa shape index (κ3) is 10.2. The maximum Gasteiger partial charge on any atom is 0.409 e. The van der Waals surface area contributed by atoms with Gasteiger partial charge in [0, 0.05) is 71.4 Å². The summed E-state index contributed by atoms with van der Waals surface area (Å²) in [6.07, 6.45) is 11.5. The van der Waals surface area contributed by atoms with Gasteiger partial charge in [-0.15, -0.1) is 0 Å². The summed E-state index contributed by atoms with van der Waals surface area (Å²) in [5.74, 6) is 0. The number of piperidine rings is 2. The minimum absolute atomic E-state index is 0.215. The predicted octanol–water partition coefficient (Wildman–Crippen LogP) is 10.6. The number of carbonyl (C=O) groups is 2. The van der Waals surface area contributed by atoms with Crippen LogP contribution in [0.2, 0.25) is 10.0 Å². The molecule has 0 saturated carbocycles. The highest BCUT2D eigenvalue weighted by atomic mass is 35.5. The third-order valence-electron chi connectivity index (χ3n) is 10.7. The molecule has 1 amide bonds. The first-order valence-electron chi connectivity index (χ1n) is 19.5. The monoisotopic (exact) mass is 814 g/mol. The van der Waals surface area contributed by atoms with Gasteiger partial charge in [-0.3, -0.25) is 9.97 Å². The lowest BCUT2D eigenvalue weighted by Crippen LogP contribution is -2.37. The van der Waals surface area contributed by atoms with Crippen molar-refractivity contribution in [1.82, 2.24) is 19.8 Å². The third-order valence-corrected chi connectivity index (χ3v) is 11.3. The number of ether oxygens (including phenoxy) is 2. The van der Waals surface area contributed by atoms with Gasteiger partial charge in [-0.2, -0.15) is 0 Å². The second-order valence-corrected chi connectivity index (χ2v) is 15.4. The smallest absolute Gasteiger partial charge is 0.409 e. The Balaban J connectivity index is 0.000000168. The van der Waals surface area contributed by atoms with E-state index >= 15 is 0 Å². The average Bonchev–Trinajstić information content (AvgIpc) is 3.46. The number of benzene rings is 2. The van der Waals surface area contributed by atoms with Crippen molar-refractivity contribution in [1.29, 1.82) is 0 Å². The van der Waals surface area contributed by atoms with E-state index in [2.05, 4.69) is 59.1 Å². The Hall–Kier alpha value is -4.21. The molecule has 11 heteroatoms. The summed E-state index contributed by atoms with van der Waals surface area (Å²) in [5, 5.41) is 1.60. The van der Waals surface area contributed by atoms with Crippen LogP contribution >= 0.6 is 34.8 Å². The molecule has 4 aliphatic rings. The summed E-state index contributed by atoms with van der Waals surface area (Å²) >= 11 is 17.2. The van der Waals surface area contributed by atoms with Crippen LogP contribution in [0.5, 0.6) is 0 Å². The number of hydrogen-bond acceptors (Lipinski definition) is 7. The van der Waals surface area contributed by atoms with Crippen molar-refractivity contribution in [2.24, 2.45) is 0 Å². The van der Waals surface area contributed by atoms with E-state index in [0.717, 1.165) is 80.2 Å². The molecule has 4 aromatic rings. The fraction of sp³-hybridized carbons (Fsp3) is 0.378. The average molecular weight is 816 g/mol. The first kappa shape index (κ1) is 41.4. The molecule has 0 radical (unpaired) electrons. The summed E-state index contributed by atoms with van der Waals surface area (Å²) in [5.41, 5.74) is 14.9. The van der Waals surface area contributed by atoms with E-state index in [4.69, 9.17) is 49.5 Å². The number of aryl methyl sites for hydroxylation is 4. The zero-order valence-corrected chi connectivity index (χ0v) is 34.7. The standard InChI is InChI=1S/C22H23ClN2O2.C20H21ClN2.C3H5ClO2/c1-2-27-22(26)25-12-9-15(10-13-25)20-19-8-7-18(23)14-17(19)6-5-16-4-3-11-24-21(16)20;1-23-11-8-14(9-12-23)19-18-7-6-17(21)13-16(18)5-4-15-3-2-10-22-20(15)19;1-2-6-3(4)5/h3-4,7-8,11,14H,2,5-6,9-10,12-13H2,1H3;2-3,6-7,10,13H,4-5,8-9,11-12H2,1H3;2H2,1H3. The van der Waals surface area contributed by atoms with E-state index in [1.54, 1.807) is 17.4 Å². The number of rotatable bonds is 2. The number of hydrogen-bond donors (Lipinski definition) is 0. The minimum Gasteiger partial charge on any atom is -0.454 e. The number of fused-ring (bicyclic) bond motifs is 4. The molecule has 2 saturated heterocycles. The number of likely N-dealkylation sites (tertiary alicyclic amines) is 2. The molecule has 8 nitrogen and oxygen atoms in total. The largest absolute Gasteiger partial charge is 0.454 e. The van der Waals surface area contributed by atoms with Crippen LogP contribution in [0.3, 0.4) is 0 Å². The first-order valence-corrected chi connectivity index (χ1v) is 20.6. The van der Waals surface area contributed by atoms with Crippen molar-refractivity contribution < 1.29 is 19.1 Å². The lowest BCUT2D eigenvalue weighted by atomic mass is 9.88. The number of halogens is 3. The van der Waals surface area contributed by atoms with Crippen LogP contribution in [-0.4, -0.2) is 77.7 Å². The Kier molecular flexibility index (Phi) is 14.6. The van der Waals surface area contributed by atoms with Crippen molar-refractivity contribution in [3.8, 4) is 0 Å². The van der Waals surface area contributed by atoms with E-state index in [-0.39, 0.29) is 6.09 Å². The molecule has 2 aliphatic carbocycles. The molecule has 0 unspecified atom stereocenters. The zero-order valence-electron chi connectivity index (χ0n) is 32.4. The quantitative estimate of drug-likeness (QED) is 0.186. The van der Waals surface area contributed by atoms with Crippen LogP contribution in [0.1, 0.15) is 84.3 Å². The van der Waals surface area contributed by atoms with E-state index in [1.807, 2.05) is 37.5 Å². The highest BCUT2D eigenvalue weighted by Gasteiger charge is 2.27. The predicted molar refractivity (Wildman–Crippen MR) is 226 cm³/mol. The summed E-state index contributed by atoms with van der Waals surface area (Å²) in [6, 6.07) is 21.0. The van der Waals surface area contributed by atoms with E-state index < -0.39 is 5.43 Å². The molecule has 2 aromatic heterocycles. The van der Waals surface area contributed by atoms with E-state index in [9.17, 15) is 9.59 Å². The van der Waals surface area contributed by atoms with E-state index in [1.165, 1.54) is 55.8 Å². The minimum atomic E-state index is -0.738. The zero-order chi connectivity index (χ0) is 39.6. The normalized spacial score (nSPS) is 16.3. The Bertz CT molecular complexity index is 2100. The summed E-state index contributed by atoms with van der Waals surface area (Å²) < 4.78 is 9.32. The number of pyridine rings is 2. The lowest BCUT2D eigenvalue weighted by Gasteiger charge is -2.29. The summed E-state index contributed by atoms with van der Waals surface area (Å²) in [4.78, 5) is 35.3. The van der Waals surface area contributed by atoms with Crippen LogP contribution in [0.4, 0.5) is 9.59 Å². The van der Waals surface area contributed by atoms with Gasteiger partial charge in [0.25, 0.3) is 0 Å². The van der Waals surface area contributed by atoms with Gasteiger partial charge in [-0.05, 0) is 142 Å². The van der Waals surface area contributed by atoms with Gasteiger partial charge in [0.2, 0.25) is 0 Å². The van der Waals surface area contributed by atoms with Gasteiger partial charge in [0.1, 0.15) is 0 Å². The fourth-order valence-corrected chi connectivity index (χ4v) is 8.44. The highest BCUT2D eigenvalue weighted by Crippen LogP contribution is 2.40. The number of nitrogens with zero attached hydrogens (tertiary/aromatic N) is 4. The van der Waals surface area contributed by atoms with Crippen molar-refractivity contribution in [3.63, 3.8) is 0 Å². The molecule has 0 atom stereocenters. The Morgan fingerprint density at radius 1 is 0.625 bits per heavy atom. The van der Waals surface area contributed by atoms with Crippen molar-refractivity contribution in [3.05, 3.63) is 139 Å². The highest BCUT2D eigenvalue weighted by molar-refractivity contribution is 6.61. The molecule has 294 valence electrons. The van der Waals surface area contributed by atoms with Gasteiger partial charge >= 0.3 is 11.5 Å². The SMILES string of the molecule is CCOC(=O)Cl.CCOC(=O)N1CCC(=C2c3ccc(Cl)cc3CCc3cccnc32)CC1.CN1CCC(=C2c3ccc(Cl)cc3CCc3cccnc32)CC1. The van der Waals surface area contributed by atoms with Gasteiger partial charge in [0.15, 0.2) is 0 Å². The van der Waals surface area contributed by atoms with Crippen LogP contribution in [-0.2, 0) is 35.2 Å². The molecule has 0 bridgehead atoms. The van der Waals surface area contributed by atoms with Gasteiger partial charge < -0.3 is 19.3 Å². The van der Waals surface area contributed by atoms with Gasteiger partial charge in [-0.1, -0.05) is 58.6 Å². The molecule has 4 heterocycles. The number of amides is 1. The lowest BCUT2D eigenvalue weighted by molar-refractivity contribution is 0.104. The Labute approximate surface area is 345 Å². The molecule has 0 N–H and O–H groups in total. The Morgan fingerprint density at radius 3 is 1.50 bits per heavy atom. The Morgan fingerprint density at radius 2 is 1.07 bits per heavy atom. The van der Waals surface area contributed by atoms with Crippen molar-refractivity contribution in [2.45, 2.75) is 65.2 Å². The van der Waals surface area contributed by atoms with Gasteiger partial charge in [0.05, 0.1) is 24.6 Å². The molecule has 2 aliphatic heterocycles. The summed E-state index contributed by atoms with van der Waals surface area (Å²) in [6.45, 7) is 7.92. The van der Waals surface area contributed by atoms with Crippen molar-refractivity contribution in [2.75, 3.05) is 46.4 Å². The second-order valence-electron chi connectivity index (χ2n) is 14.2. The maximum absolute atomic E-state index is 12.0. The van der Waals surface area contributed by atoms with E-state index in [0.29, 0.717) is 26.3 Å². The molecular weight excluding hydrogens is 767 g/mol. The van der Waals surface area contributed by atoms with Crippen molar-refractivity contribution >= 4 is 57.5 Å². The maximum atomic E-state index is 12.0. The molecule has 2 aromatic carbocycles. The first-order chi connectivity index (χ1) is 27.2. The molecule has 56 heavy (non-hydrogen) atoms. The number of aromatic nitrogens is 2. The molecule has 8 rings (SSSR count). The van der Waals surface area contributed by atoms with Crippen LogP contribution in [0, 0.1) is 0 Å².